The number of hydrogen-bond donors (Lipinski definition) is 1. The third-order valence-electron chi connectivity index (χ3n) is 4.28. The lowest BCUT2D eigenvalue weighted by Gasteiger charge is -2.34. The van der Waals surface area contributed by atoms with Gasteiger partial charge in [-0.25, -0.2) is 4.98 Å². The van der Waals surface area contributed by atoms with Crippen LogP contribution in [-0.2, 0) is 0 Å². The van der Waals surface area contributed by atoms with Crippen LogP contribution in [0, 0.1) is 5.92 Å². The highest BCUT2D eigenvalue weighted by Crippen LogP contribution is 2.13. The van der Waals surface area contributed by atoms with Crippen LogP contribution in [0.1, 0.15) is 34.9 Å². The third kappa shape index (κ3) is 4.22. The van der Waals surface area contributed by atoms with E-state index in [1.807, 2.05) is 6.07 Å². The Morgan fingerprint density at radius 2 is 1.81 bits per heavy atom. The Hall–Kier alpha value is -2.83. The van der Waals surface area contributed by atoms with Gasteiger partial charge in [0.1, 0.15) is 5.69 Å². The van der Waals surface area contributed by atoms with E-state index in [1.54, 1.807) is 34.2 Å². The van der Waals surface area contributed by atoms with Crippen LogP contribution in [0.4, 0.5) is 5.69 Å². The van der Waals surface area contributed by atoms with Gasteiger partial charge in [-0.1, -0.05) is 13.8 Å². The number of nitrogens with zero attached hydrogens (tertiary/aromatic N) is 3. The monoisotopic (exact) mass is 356 g/mol. The maximum Gasteiger partial charge on any atom is 0.289 e. The van der Waals surface area contributed by atoms with Crippen LogP contribution < -0.4 is 5.32 Å². The van der Waals surface area contributed by atoms with Crippen LogP contribution in [0.25, 0.3) is 0 Å². The van der Waals surface area contributed by atoms with E-state index in [9.17, 15) is 9.59 Å². The maximum absolute atomic E-state index is 12.6. The predicted molar refractivity (Wildman–Crippen MR) is 98.1 cm³/mol. The van der Waals surface area contributed by atoms with E-state index < -0.39 is 0 Å². The van der Waals surface area contributed by atoms with E-state index in [1.165, 1.54) is 6.26 Å². The van der Waals surface area contributed by atoms with Crippen LogP contribution in [0.2, 0.25) is 0 Å². The Morgan fingerprint density at radius 1 is 1.12 bits per heavy atom. The lowest BCUT2D eigenvalue weighted by atomic mass is 10.2. The normalized spacial score (nSPS) is 14.6. The largest absolute Gasteiger partial charge is 0.459 e. The molecule has 0 aliphatic carbocycles. The Kier molecular flexibility index (Phi) is 5.55. The van der Waals surface area contributed by atoms with Crippen LogP contribution in [0.3, 0.4) is 0 Å². The first kappa shape index (κ1) is 18.0. The minimum absolute atomic E-state index is 0.106. The van der Waals surface area contributed by atoms with Crippen LogP contribution in [0.15, 0.2) is 41.1 Å². The minimum Gasteiger partial charge on any atom is -0.459 e. The van der Waals surface area contributed by atoms with Crippen molar-refractivity contribution in [3.05, 3.63) is 48.2 Å². The van der Waals surface area contributed by atoms with Crippen molar-refractivity contribution in [1.82, 2.24) is 14.8 Å². The van der Waals surface area contributed by atoms with Gasteiger partial charge in [-0.2, -0.15) is 0 Å². The quantitative estimate of drug-likeness (QED) is 0.890. The van der Waals surface area contributed by atoms with Crippen LogP contribution in [0.5, 0.6) is 0 Å². The summed E-state index contributed by atoms with van der Waals surface area (Å²) in [5, 5.41) is 3.28. The summed E-state index contributed by atoms with van der Waals surface area (Å²) in [4.78, 5) is 32.6. The second kappa shape index (κ2) is 8.03. The molecule has 0 radical (unpaired) electrons. The van der Waals surface area contributed by atoms with Crippen molar-refractivity contribution in [1.29, 1.82) is 0 Å². The molecule has 0 aromatic carbocycles. The molecule has 138 valence electrons. The smallest absolute Gasteiger partial charge is 0.289 e. The molecule has 3 heterocycles. The molecule has 0 spiro atoms. The molecule has 2 aromatic heterocycles. The Morgan fingerprint density at radius 3 is 2.35 bits per heavy atom. The number of nitrogens with one attached hydrogen (secondary N) is 1. The molecule has 2 amide bonds. The summed E-state index contributed by atoms with van der Waals surface area (Å²) in [7, 11) is 0. The SMILES string of the molecule is CC(C)CNc1ccc(C(=O)N2CCN(C(=O)c3ccco3)CC2)nc1. The van der Waals surface area contributed by atoms with Crippen molar-refractivity contribution in [2.75, 3.05) is 38.0 Å². The van der Waals surface area contributed by atoms with Crippen LogP contribution in [-0.4, -0.2) is 59.3 Å². The zero-order valence-corrected chi connectivity index (χ0v) is 15.1. The second-order valence-corrected chi connectivity index (χ2v) is 6.77. The third-order valence-corrected chi connectivity index (χ3v) is 4.28. The van der Waals surface area contributed by atoms with E-state index in [4.69, 9.17) is 4.42 Å². The summed E-state index contributed by atoms with van der Waals surface area (Å²) >= 11 is 0. The lowest BCUT2D eigenvalue weighted by Crippen LogP contribution is -2.50. The van der Waals surface area contributed by atoms with Gasteiger partial charge >= 0.3 is 0 Å². The number of carbonyl (C=O) groups excluding carboxylic acids is 2. The van der Waals surface area contributed by atoms with Gasteiger partial charge in [0.05, 0.1) is 18.1 Å². The van der Waals surface area contributed by atoms with E-state index >= 15 is 0 Å². The van der Waals surface area contributed by atoms with Crippen LogP contribution >= 0.6 is 0 Å². The minimum atomic E-state index is -0.138. The summed E-state index contributed by atoms with van der Waals surface area (Å²) in [5.41, 5.74) is 1.33. The van der Waals surface area contributed by atoms with Crippen molar-refractivity contribution >= 4 is 17.5 Å². The Bertz CT molecular complexity index is 733. The van der Waals surface area contributed by atoms with Gasteiger partial charge in [0.15, 0.2) is 5.76 Å². The molecule has 7 heteroatoms. The molecular weight excluding hydrogens is 332 g/mol. The number of furan rings is 1. The topological polar surface area (TPSA) is 78.7 Å². The van der Waals surface area contributed by atoms with Crippen molar-refractivity contribution in [2.45, 2.75) is 13.8 Å². The number of carbonyl (C=O) groups is 2. The van der Waals surface area contributed by atoms with E-state index in [-0.39, 0.29) is 11.8 Å². The van der Waals surface area contributed by atoms with Gasteiger partial charge in [-0.15, -0.1) is 0 Å². The van der Waals surface area contributed by atoms with Gasteiger partial charge in [0.25, 0.3) is 11.8 Å². The first-order valence-corrected chi connectivity index (χ1v) is 8.86. The van der Waals surface area contributed by atoms with E-state index in [0.29, 0.717) is 43.6 Å². The number of anilines is 1. The molecule has 1 fully saturated rings. The van der Waals surface area contributed by atoms with Crippen molar-refractivity contribution < 1.29 is 14.0 Å². The van der Waals surface area contributed by atoms with Crippen molar-refractivity contribution in [2.24, 2.45) is 5.92 Å². The van der Waals surface area contributed by atoms with Crippen molar-refractivity contribution in [3.8, 4) is 0 Å². The van der Waals surface area contributed by atoms with Gasteiger partial charge < -0.3 is 19.5 Å². The molecule has 1 N–H and O–H groups in total. The van der Waals surface area contributed by atoms with Gasteiger partial charge in [-0.05, 0) is 30.2 Å². The van der Waals surface area contributed by atoms with Crippen molar-refractivity contribution in [3.63, 3.8) is 0 Å². The number of amides is 2. The van der Waals surface area contributed by atoms with E-state index in [0.717, 1.165) is 12.2 Å². The van der Waals surface area contributed by atoms with Gasteiger partial charge in [0, 0.05) is 32.7 Å². The Balaban J connectivity index is 1.54. The fourth-order valence-electron chi connectivity index (χ4n) is 2.78. The number of pyridine rings is 1. The molecule has 0 unspecified atom stereocenters. The summed E-state index contributed by atoms with van der Waals surface area (Å²) in [6.45, 7) is 7.07. The average Bonchev–Trinajstić information content (AvgIpc) is 3.20. The first-order valence-electron chi connectivity index (χ1n) is 8.86. The second-order valence-electron chi connectivity index (χ2n) is 6.77. The molecule has 0 saturated carbocycles. The molecule has 3 rings (SSSR count). The maximum atomic E-state index is 12.6. The van der Waals surface area contributed by atoms with E-state index in [2.05, 4.69) is 24.1 Å². The summed E-state index contributed by atoms with van der Waals surface area (Å²) in [5.74, 6) is 0.624. The lowest BCUT2D eigenvalue weighted by molar-refractivity contribution is 0.0515. The molecular formula is C19H24N4O3. The number of hydrogen-bond acceptors (Lipinski definition) is 5. The fourth-order valence-corrected chi connectivity index (χ4v) is 2.78. The molecule has 0 bridgehead atoms. The first-order chi connectivity index (χ1) is 12.5. The average molecular weight is 356 g/mol. The number of piperazine rings is 1. The van der Waals surface area contributed by atoms with Gasteiger partial charge in [0.2, 0.25) is 0 Å². The van der Waals surface area contributed by atoms with Gasteiger partial charge in [-0.3, -0.25) is 9.59 Å². The number of rotatable bonds is 5. The number of aromatic nitrogens is 1. The molecule has 7 nitrogen and oxygen atoms in total. The highest BCUT2D eigenvalue weighted by Gasteiger charge is 2.27. The summed E-state index contributed by atoms with van der Waals surface area (Å²) in [6.07, 6.45) is 3.17. The molecule has 1 saturated heterocycles. The fraction of sp³-hybridized carbons (Fsp3) is 0.421. The Labute approximate surface area is 153 Å². The highest BCUT2D eigenvalue weighted by molar-refractivity contribution is 5.93. The molecule has 0 atom stereocenters. The molecule has 1 aliphatic heterocycles. The molecule has 26 heavy (non-hydrogen) atoms. The zero-order chi connectivity index (χ0) is 18.5. The standard InChI is InChI=1S/C19H24N4O3/c1-14(2)12-20-15-5-6-16(21-13-15)18(24)22-7-9-23(10-8-22)19(25)17-4-3-11-26-17/h3-6,11,13-14,20H,7-10,12H2,1-2H3. The zero-order valence-electron chi connectivity index (χ0n) is 15.1. The summed E-state index contributed by atoms with van der Waals surface area (Å²) in [6, 6.07) is 6.96. The molecule has 1 aliphatic rings. The highest BCUT2D eigenvalue weighted by atomic mass is 16.3. The predicted octanol–water partition coefficient (Wildman–Crippen LogP) is 2.34. The molecule has 2 aromatic rings. The summed E-state index contributed by atoms with van der Waals surface area (Å²) < 4.78 is 5.15.